The Morgan fingerprint density at radius 1 is 0.950 bits per heavy atom. The fourth-order valence-electron chi connectivity index (χ4n) is 2.49. The zero-order chi connectivity index (χ0) is 14.4. The van der Waals surface area contributed by atoms with Crippen molar-refractivity contribution in [3.8, 4) is 0 Å². The molecule has 2 atom stereocenters. The van der Waals surface area contributed by atoms with E-state index in [1.807, 2.05) is 18.5 Å². The van der Waals surface area contributed by atoms with Crippen molar-refractivity contribution in [2.24, 2.45) is 5.92 Å². The van der Waals surface area contributed by atoms with Crippen LogP contribution in [0.25, 0.3) is 0 Å². The van der Waals surface area contributed by atoms with Crippen molar-refractivity contribution in [1.82, 2.24) is 10.3 Å². The summed E-state index contributed by atoms with van der Waals surface area (Å²) in [5, 5.41) is 3.74. The van der Waals surface area contributed by atoms with Crippen molar-refractivity contribution >= 4 is 0 Å². The fraction of sp³-hybridized carbons (Fsp3) is 0.389. The number of benzene rings is 1. The van der Waals surface area contributed by atoms with E-state index in [4.69, 9.17) is 0 Å². The highest BCUT2D eigenvalue weighted by Crippen LogP contribution is 2.24. The molecular weight excluding hydrogens is 244 g/mol. The van der Waals surface area contributed by atoms with Crippen LogP contribution in [0.1, 0.15) is 50.4 Å². The van der Waals surface area contributed by atoms with Crippen LogP contribution in [0.5, 0.6) is 0 Å². The van der Waals surface area contributed by atoms with E-state index < -0.39 is 0 Å². The summed E-state index contributed by atoms with van der Waals surface area (Å²) in [6.45, 7) is 6.74. The minimum atomic E-state index is 0.299. The number of nitrogens with zero attached hydrogens (tertiary/aromatic N) is 1. The summed E-state index contributed by atoms with van der Waals surface area (Å²) in [4.78, 5) is 4.21. The predicted molar refractivity (Wildman–Crippen MR) is 84.4 cm³/mol. The lowest BCUT2D eigenvalue weighted by Gasteiger charge is -2.25. The Morgan fingerprint density at radius 2 is 1.65 bits per heavy atom. The highest BCUT2D eigenvalue weighted by Gasteiger charge is 2.16. The first-order valence-corrected chi connectivity index (χ1v) is 7.37. The molecule has 0 radical (unpaired) electrons. The van der Waals surface area contributed by atoms with Gasteiger partial charge in [-0.25, -0.2) is 0 Å². The van der Waals surface area contributed by atoms with Gasteiger partial charge in [0.2, 0.25) is 0 Å². The van der Waals surface area contributed by atoms with E-state index in [1.165, 1.54) is 11.1 Å². The van der Waals surface area contributed by atoms with Gasteiger partial charge < -0.3 is 5.32 Å². The summed E-state index contributed by atoms with van der Waals surface area (Å²) in [6.07, 6.45) is 4.89. The molecule has 0 amide bonds. The maximum absolute atomic E-state index is 4.21. The molecule has 0 aliphatic heterocycles. The molecular formula is C18H24N2. The summed E-state index contributed by atoms with van der Waals surface area (Å²) < 4.78 is 0. The third kappa shape index (κ3) is 4.17. The lowest BCUT2D eigenvalue weighted by Crippen LogP contribution is -2.26. The number of hydrogen-bond acceptors (Lipinski definition) is 2. The highest BCUT2D eigenvalue weighted by atomic mass is 14.9. The van der Waals surface area contributed by atoms with Gasteiger partial charge in [-0.2, -0.15) is 0 Å². The molecule has 2 nitrogen and oxygen atoms in total. The molecule has 1 aromatic heterocycles. The molecule has 0 aliphatic carbocycles. The largest absolute Gasteiger partial charge is 0.303 e. The Kier molecular flexibility index (Phi) is 5.31. The van der Waals surface area contributed by atoms with Gasteiger partial charge in [0, 0.05) is 24.5 Å². The molecule has 0 aliphatic rings. The lowest BCUT2D eigenvalue weighted by molar-refractivity contribution is 0.394. The van der Waals surface area contributed by atoms with Crippen LogP contribution in [0.4, 0.5) is 0 Å². The van der Waals surface area contributed by atoms with Crippen molar-refractivity contribution in [3.63, 3.8) is 0 Å². The number of nitrogens with one attached hydrogen (secondary N) is 1. The van der Waals surface area contributed by atoms with Crippen LogP contribution < -0.4 is 5.32 Å². The van der Waals surface area contributed by atoms with E-state index in [9.17, 15) is 0 Å². The molecule has 1 N–H and O–H groups in total. The second-order valence-electron chi connectivity index (χ2n) is 5.77. The van der Waals surface area contributed by atoms with Crippen LogP contribution in [-0.4, -0.2) is 4.98 Å². The molecule has 0 bridgehead atoms. The van der Waals surface area contributed by atoms with Gasteiger partial charge in [-0.05, 0) is 36.5 Å². The first-order chi connectivity index (χ1) is 9.66. The molecule has 1 aromatic carbocycles. The molecule has 2 rings (SSSR count). The van der Waals surface area contributed by atoms with Crippen molar-refractivity contribution < 1.29 is 0 Å². The minimum absolute atomic E-state index is 0.299. The second kappa shape index (κ2) is 7.20. The fourth-order valence-corrected chi connectivity index (χ4v) is 2.49. The molecule has 0 saturated heterocycles. The zero-order valence-corrected chi connectivity index (χ0v) is 12.6. The highest BCUT2D eigenvalue weighted by molar-refractivity contribution is 5.20. The van der Waals surface area contributed by atoms with Gasteiger partial charge in [-0.15, -0.1) is 0 Å². The molecule has 2 aromatic rings. The minimum Gasteiger partial charge on any atom is -0.303 e. The molecule has 2 unspecified atom stereocenters. The maximum atomic E-state index is 4.21. The number of pyridine rings is 1. The Hall–Kier alpha value is -1.67. The van der Waals surface area contributed by atoms with Crippen LogP contribution in [0, 0.1) is 5.92 Å². The number of rotatable bonds is 6. The Labute approximate surface area is 122 Å². The zero-order valence-electron chi connectivity index (χ0n) is 12.6. The third-order valence-corrected chi connectivity index (χ3v) is 3.54. The van der Waals surface area contributed by atoms with Crippen LogP contribution >= 0.6 is 0 Å². The summed E-state index contributed by atoms with van der Waals surface area (Å²) in [7, 11) is 0. The van der Waals surface area contributed by atoms with Crippen LogP contribution in [0.2, 0.25) is 0 Å². The topological polar surface area (TPSA) is 24.9 Å². The molecule has 0 fully saturated rings. The van der Waals surface area contributed by atoms with Gasteiger partial charge in [-0.3, -0.25) is 4.98 Å². The number of hydrogen-bond donors (Lipinski definition) is 1. The standard InChI is InChI=1S/C18H24N2/c1-14(2)12-18(16-8-5-4-6-9-16)20-15(3)17-10-7-11-19-13-17/h4-11,13-15,18,20H,12H2,1-3H3. The average Bonchev–Trinajstić information content (AvgIpc) is 2.48. The van der Waals surface area contributed by atoms with E-state index in [1.54, 1.807) is 0 Å². The van der Waals surface area contributed by atoms with E-state index in [-0.39, 0.29) is 0 Å². The van der Waals surface area contributed by atoms with Gasteiger partial charge in [0.1, 0.15) is 0 Å². The first kappa shape index (κ1) is 14.7. The molecule has 20 heavy (non-hydrogen) atoms. The second-order valence-corrected chi connectivity index (χ2v) is 5.77. The van der Waals surface area contributed by atoms with Crippen molar-refractivity contribution in [2.75, 3.05) is 0 Å². The molecule has 1 heterocycles. The smallest absolute Gasteiger partial charge is 0.0328 e. The van der Waals surface area contributed by atoms with Crippen molar-refractivity contribution in [3.05, 3.63) is 66.0 Å². The van der Waals surface area contributed by atoms with Gasteiger partial charge in [0.15, 0.2) is 0 Å². The van der Waals surface area contributed by atoms with Crippen molar-refractivity contribution in [1.29, 1.82) is 0 Å². The third-order valence-electron chi connectivity index (χ3n) is 3.54. The van der Waals surface area contributed by atoms with E-state index in [0.717, 1.165) is 6.42 Å². The average molecular weight is 268 g/mol. The van der Waals surface area contributed by atoms with Crippen LogP contribution in [-0.2, 0) is 0 Å². The Balaban J connectivity index is 2.12. The molecule has 106 valence electrons. The molecule has 0 spiro atoms. The van der Waals surface area contributed by atoms with Crippen molar-refractivity contribution in [2.45, 2.75) is 39.3 Å². The Morgan fingerprint density at radius 3 is 2.25 bits per heavy atom. The normalized spacial score (nSPS) is 14.2. The summed E-state index contributed by atoms with van der Waals surface area (Å²) >= 11 is 0. The molecule has 0 saturated carbocycles. The van der Waals surface area contributed by atoms with Gasteiger partial charge >= 0.3 is 0 Å². The summed E-state index contributed by atoms with van der Waals surface area (Å²) in [5.41, 5.74) is 2.59. The quantitative estimate of drug-likeness (QED) is 0.833. The van der Waals surface area contributed by atoms with Gasteiger partial charge in [-0.1, -0.05) is 50.2 Å². The maximum Gasteiger partial charge on any atom is 0.0328 e. The lowest BCUT2D eigenvalue weighted by atomic mass is 9.95. The Bertz CT molecular complexity index is 493. The van der Waals surface area contributed by atoms with Gasteiger partial charge in [0.05, 0.1) is 0 Å². The van der Waals surface area contributed by atoms with Crippen LogP contribution in [0.15, 0.2) is 54.9 Å². The van der Waals surface area contributed by atoms with Crippen LogP contribution in [0.3, 0.4) is 0 Å². The first-order valence-electron chi connectivity index (χ1n) is 7.37. The number of aromatic nitrogens is 1. The van der Waals surface area contributed by atoms with E-state index in [0.29, 0.717) is 18.0 Å². The van der Waals surface area contributed by atoms with E-state index in [2.05, 4.69) is 67.5 Å². The summed E-state index contributed by atoms with van der Waals surface area (Å²) in [6, 6.07) is 15.5. The van der Waals surface area contributed by atoms with Gasteiger partial charge in [0.25, 0.3) is 0 Å². The monoisotopic (exact) mass is 268 g/mol. The van der Waals surface area contributed by atoms with E-state index >= 15 is 0 Å². The SMILES string of the molecule is CC(C)CC(NC(C)c1cccnc1)c1ccccc1. The predicted octanol–water partition coefficient (Wildman–Crippen LogP) is 4.52. The molecule has 2 heteroatoms. The summed E-state index contributed by atoms with van der Waals surface area (Å²) in [5.74, 6) is 0.661.